The minimum atomic E-state index is -0.179. The van der Waals surface area contributed by atoms with Gasteiger partial charge in [-0.1, -0.05) is 12.1 Å². The van der Waals surface area contributed by atoms with Crippen LogP contribution in [0.3, 0.4) is 0 Å². The lowest BCUT2D eigenvalue weighted by atomic mass is 10.1. The highest BCUT2D eigenvalue weighted by Crippen LogP contribution is 2.20. The molecule has 4 aromatic rings. The quantitative estimate of drug-likeness (QED) is 0.584. The summed E-state index contributed by atoms with van der Waals surface area (Å²) in [4.78, 5) is 16.9. The Morgan fingerprint density at radius 3 is 2.59 bits per heavy atom. The molecule has 0 bridgehead atoms. The summed E-state index contributed by atoms with van der Waals surface area (Å²) in [5.74, 6) is 1.16. The van der Waals surface area contributed by atoms with Gasteiger partial charge in [0.15, 0.2) is 5.82 Å². The van der Waals surface area contributed by atoms with Crippen LogP contribution < -0.4 is 5.32 Å². The number of rotatable bonds is 4. The van der Waals surface area contributed by atoms with Crippen LogP contribution >= 0.6 is 0 Å². The number of aryl methyl sites for hydroxylation is 2. The second kappa shape index (κ2) is 6.87. The van der Waals surface area contributed by atoms with Crippen molar-refractivity contribution in [2.75, 3.05) is 5.32 Å². The standard InChI is InChI=1S/C20H18N6O/c1-13-11-21-26(12-13)18-8-6-15(7-9-18)20(27)23-17-5-3-4-16(10-17)19-22-14(2)24-25-19/h3-12H,1-2H3,(H,23,27)(H,22,24,25). The van der Waals surface area contributed by atoms with E-state index in [-0.39, 0.29) is 5.91 Å². The maximum Gasteiger partial charge on any atom is 0.255 e. The molecule has 134 valence electrons. The van der Waals surface area contributed by atoms with E-state index in [2.05, 4.69) is 25.6 Å². The van der Waals surface area contributed by atoms with Gasteiger partial charge in [0.1, 0.15) is 5.82 Å². The number of H-pyrrole nitrogens is 1. The molecule has 2 N–H and O–H groups in total. The summed E-state index contributed by atoms with van der Waals surface area (Å²) >= 11 is 0. The molecule has 7 heteroatoms. The summed E-state index contributed by atoms with van der Waals surface area (Å²) in [6.07, 6.45) is 3.73. The highest BCUT2D eigenvalue weighted by atomic mass is 16.1. The van der Waals surface area contributed by atoms with Crippen LogP contribution in [0.5, 0.6) is 0 Å². The third kappa shape index (κ3) is 3.62. The largest absolute Gasteiger partial charge is 0.322 e. The molecule has 2 aromatic heterocycles. The predicted molar refractivity (Wildman–Crippen MR) is 103 cm³/mol. The topological polar surface area (TPSA) is 88.5 Å². The molecule has 0 aliphatic heterocycles. The van der Waals surface area contributed by atoms with Gasteiger partial charge in [-0.2, -0.15) is 10.2 Å². The van der Waals surface area contributed by atoms with Crippen LogP contribution in [-0.4, -0.2) is 30.9 Å². The Hall–Kier alpha value is -3.74. The number of hydrogen-bond acceptors (Lipinski definition) is 4. The lowest BCUT2D eigenvalue weighted by molar-refractivity contribution is 0.102. The zero-order valence-corrected chi connectivity index (χ0v) is 15.0. The van der Waals surface area contributed by atoms with E-state index in [1.54, 1.807) is 23.0 Å². The van der Waals surface area contributed by atoms with E-state index >= 15 is 0 Å². The Kier molecular flexibility index (Phi) is 4.25. The van der Waals surface area contributed by atoms with Gasteiger partial charge in [0.05, 0.1) is 11.9 Å². The molecule has 0 unspecified atom stereocenters. The van der Waals surface area contributed by atoms with Gasteiger partial charge in [-0.05, 0) is 55.8 Å². The molecule has 2 heterocycles. The number of aromatic amines is 1. The highest BCUT2D eigenvalue weighted by molar-refractivity contribution is 6.04. The lowest BCUT2D eigenvalue weighted by Gasteiger charge is -2.07. The maximum absolute atomic E-state index is 12.5. The molecular weight excluding hydrogens is 340 g/mol. The highest BCUT2D eigenvalue weighted by Gasteiger charge is 2.09. The molecule has 0 aliphatic rings. The van der Waals surface area contributed by atoms with Crippen LogP contribution in [0.25, 0.3) is 17.1 Å². The fraction of sp³-hybridized carbons (Fsp3) is 0.100. The third-order valence-corrected chi connectivity index (χ3v) is 4.08. The summed E-state index contributed by atoms with van der Waals surface area (Å²) in [6, 6.07) is 14.7. The molecule has 0 saturated carbocycles. The second-order valence-corrected chi connectivity index (χ2v) is 6.29. The van der Waals surface area contributed by atoms with Gasteiger partial charge in [0.25, 0.3) is 5.91 Å². The average Bonchev–Trinajstić information content (AvgIpc) is 3.30. The van der Waals surface area contributed by atoms with Crippen LogP contribution in [0.4, 0.5) is 5.69 Å². The molecule has 4 rings (SSSR count). The number of hydrogen-bond donors (Lipinski definition) is 2. The number of carbonyl (C=O) groups excluding carboxylic acids is 1. The lowest BCUT2D eigenvalue weighted by Crippen LogP contribution is -2.12. The van der Waals surface area contributed by atoms with Crippen molar-refractivity contribution in [3.05, 3.63) is 77.9 Å². The van der Waals surface area contributed by atoms with Crippen LogP contribution in [0, 0.1) is 13.8 Å². The molecule has 0 saturated heterocycles. The molecule has 27 heavy (non-hydrogen) atoms. The minimum Gasteiger partial charge on any atom is -0.322 e. The van der Waals surface area contributed by atoms with Gasteiger partial charge >= 0.3 is 0 Å². The van der Waals surface area contributed by atoms with E-state index in [0.29, 0.717) is 17.1 Å². The zero-order valence-electron chi connectivity index (χ0n) is 15.0. The van der Waals surface area contributed by atoms with E-state index < -0.39 is 0 Å². The van der Waals surface area contributed by atoms with Crippen molar-refractivity contribution < 1.29 is 4.79 Å². The first-order valence-electron chi connectivity index (χ1n) is 8.51. The Bertz CT molecular complexity index is 1090. The van der Waals surface area contributed by atoms with Crippen LogP contribution in [-0.2, 0) is 0 Å². The van der Waals surface area contributed by atoms with Gasteiger partial charge in [-0.3, -0.25) is 9.89 Å². The molecule has 0 aliphatic carbocycles. The Labute approximate surface area is 156 Å². The zero-order chi connectivity index (χ0) is 18.8. The SMILES string of the molecule is Cc1cnn(-c2ccc(C(=O)Nc3cccc(-c4n[nH]c(C)n4)c3)cc2)c1. The summed E-state index contributed by atoms with van der Waals surface area (Å²) in [5, 5.41) is 14.1. The number of carbonyl (C=O) groups is 1. The first-order valence-corrected chi connectivity index (χ1v) is 8.51. The van der Waals surface area contributed by atoms with Crippen molar-refractivity contribution in [2.24, 2.45) is 0 Å². The van der Waals surface area contributed by atoms with Crippen molar-refractivity contribution in [1.82, 2.24) is 25.0 Å². The fourth-order valence-electron chi connectivity index (χ4n) is 2.73. The maximum atomic E-state index is 12.5. The van der Waals surface area contributed by atoms with Gasteiger partial charge in [-0.25, -0.2) is 9.67 Å². The number of aromatic nitrogens is 5. The summed E-state index contributed by atoms with van der Waals surface area (Å²) in [5.41, 5.74) is 4.08. The smallest absolute Gasteiger partial charge is 0.255 e. The molecule has 0 spiro atoms. The minimum absolute atomic E-state index is 0.179. The van der Waals surface area contributed by atoms with Gasteiger partial charge in [0, 0.05) is 23.0 Å². The average molecular weight is 358 g/mol. The van der Waals surface area contributed by atoms with Crippen molar-refractivity contribution in [2.45, 2.75) is 13.8 Å². The number of amides is 1. The molecule has 0 atom stereocenters. The Balaban J connectivity index is 1.50. The number of anilines is 1. The summed E-state index contributed by atoms with van der Waals surface area (Å²) in [7, 11) is 0. The monoisotopic (exact) mass is 358 g/mol. The van der Waals surface area contributed by atoms with E-state index in [1.165, 1.54) is 0 Å². The molecule has 0 radical (unpaired) electrons. The Morgan fingerprint density at radius 1 is 1.11 bits per heavy atom. The summed E-state index contributed by atoms with van der Waals surface area (Å²) in [6.45, 7) is 3.83. The molecule has 0 fully saturated rings. The van der Waals surface area contributed by atoms with Crippen molar-refractivity contribution in [3.8, 4) is 17.1 Å². The first-order chi connectivity index (χ1) is 13.1. The van der Waals surface area contributed by atoms with Gasteiger partial charge in [-0.15, -0.1) is 0 Å². The van der Waals surface area contributed by atoms with E-state index in [9.17, 15) is 4.79 Å². The second-order valence-electron chi connectivity index (χ2n) is 6.29. The van der Waals surface area contributed by atoms with Gasteiger partial charge in [0.2, 0.25) is 0 Å². The van der Waals surface area contributed by atoms with Crippen LogP contribution in [0.1, 0.15) is 21.7 Å². The van der Waals surface area contributed by atoms with Crippen LogP contribution in [0.2, 0.25) is 0 Å². The van der Waals surface area contributed by atoms with E-state index in [1.807, 2.05) is 56.4 Å². The summed E-state index contributed by atoms with van der Waals surface area (Å²) < 4.78 is 1.78. The molecule has 1 amide bonds. The number of nitrogens with zero attached hydrogens (tertiary/aromatic N) is 4. The Morgan fingerprint density at radius 2 is 1.93 bits per heavy atom. The van der Waals surface area contributed by atoms with E-state index in [0.717, 1.165) is 22.6 Å². The van der Waals surface area contributed by atoms with Crippen molar-refractivity contribution in [3.63, 3.8) is 0 Å². The van der Waals surface area contributed by atoms with Gasteiger partial charge < -0.3 is 5.32 Å². The predicted octanol–water partition coefficient (Wildman–Crippen LogP) is 3.53. The third-order valence-electron chi connectivity index (χ3n) is 4.08. The molecular formula is C20H18N6O. The number of benzene rings is 2. The number of nitrogens with one attached hydrogen (secondary N) is 2. The molecule has 2 aromatic carbocycles. The first kappa shape index (κ1) is 16.7. The van der Waals surface area contributed by atoms with Crippen LogP contribution in [0.15, 0.2) is 60.9 Å². The fourth-order valence-corrected chi connectivity index (χ4v) is 2.73. The van der Waals surface area contributed by atoms with E-state index in [4.69, 9.17) is 0 Å². The van der Waals surface area contributed by atoms with Crippen molar-refractivity contribution in [1.29, 1.82) is 0 Å². The molecule has 7 nitrogen and oxygen atoms in total. The van der Waals surface area contributed by atoms with Crippen molar-refractivity contribution >= 4 is 11.6 Å². The normalized spacial score (nSPS) is 10.7.